The average molecular weight is 313 g/mol. The van der Waals surface area contributed by atoms with Gasteiger partial charge in [0.1, 0.15) is 10.7 Å². The Bertz CT molecular complexity index is 632. The highest BCUT2D eigenvalue weighted by Gasteiger charge is 2.23. The Balaban J connectivity index is 3.02. The van der Waals surface area contributed by atoms with E-state index in [-0.39, 0.29) is 11.5 Å². The molecule has 21 heavy (non-hydrogen) atoms. The maximum Gasteiger partial charge on any atom is 0.245 e. The molecular weight excluding hydrogens is 293 g/mol. The minimum atomic E-state index is -3.81. The number of hydrogen-bond donors (Lipinski definition) is 1. The van der Waals surface area contributed by atoms with Crippen molar-refractivity contribution < 1.29 is 17.9 Å². The molecule has 0 saturated carbocycles. The molecule has 0 bridgehead atoms. The molecule has 1 aromatic rings. The minimum absolute atomic E-state index is 0.0653. The van der Waals surface area contributed by atoms with Crippen LogP contribution in [0.4, 0.5) is 4.39 Å². The third-order valence-corrected chi connectivity index (χ3v) is 4.81. The van der Waals surface area contributed by atoms with Gasteiger partial charge in [-0.3, -0.25) is 0 Å². The van der Waals surface area contributed by atoms with Crippen molar-refractivity contribution in [2.45, 2.75) is 31.1 Å². The third-order valence-electron chi connectivity index (χ3n) is 2.92. The van der Waals surface area contributed by atoms with Crippen molar-refractivity contribution in [3.63, 3.8) is 0 Å². The summed E-state index contributed by atoms with van der Waals surface area (Å²) in [6.45, 7) is 2.25. The summed E-state index contributed by atoms with van der Waals surface area (Å²) in [6.07, 6.45) is 1.88. The molecule has 0 unspecified atom stereocenters. The first kappa shape index (κ1) is 17.6. The van der Waals surface area contributed by atoms with Crippen molar-refractivity contribution in [1.29, 1.82) is 0 Å². The van der Waals surface area contributed by atoms with Crippen LogP contribution in [0, 0.1) is 17.7 Å². The van der Waals surface area contributed by atoms with Gasteiger partial charge in [0.25, 0.3) is 0 Å². The summed E-state index contributed by atoms with van der Waals surface area (Å²) in [5.41, 5.74) is 0.385. The molecule has 0 aliphatic carbocycles. The zero-order valence-corrected chi connectivity index (χ0v) is 13.1. The van der Waals surface area contributed by atoms with Crippen molar-refractivity contribution in [2.75, 3.05) is 20.2 Å². The fourth-order valence-electron chi connectivity index (χ4n) is 1.68. The molecule has 1 rings (SSSR count). The van der Waals surface area contributed by atoms with E-state index in [1.165, 1.54) is 19.2 Å². The van der Waals surface area contributed by atoms with Gasteiger partial charge in [0.2, 0.25) is 10.0 Å². The van der Waals surface area contributed by atoms with Gasteiger partial charge >= 0.3 is 0 Å². The Hall–Kier alpha value is -1.42. The standard InChI is InChI=1S/C15H20FNO3S/c1-3-4-10-17(2)21(19,20)15-9-8-13(12-14(15)16)7-5-6-11-18/h8-9,12,18H,3-4,6,10-11H2,1-2H3. The van der Waals surface area contributed by atoms with Crippen LogP contribution >= 0.6 is 0 Å². The summed E-state index contributed by atoms with van der Waals surface area (Å²) in [5.74, 6) is 4.52. The van der Waals surface area contributed by atoms with E-state index in [2.05, 4.69) is 11.8 Å². The van der Waals surface area contributed by atoms with E-state index >= 15 is 0 Å². The fraction of sp³-hybridized carbons (Fsp3) is 0.467. The molecule has 0 aliphatic heterocycles. The number of halogens is 1. The number of unbranched alkanes of at least 4 members (excludes halogenated alkanes) is 1. The predicted molar refractivity (Wildman–Crippen MR) is 79.7 cm³/mol. The van der Waals surface area contributed by atoms with Crippen LogP contribution in [-0.4, -0.2) is 38.0 Å². The molecule has 0 saturated heterocycles. The van der Waals surface area contributed by atoms with E-state index in [1.807, 2.05) is 6.92 Å². The second-order valence-corrected chi connectivity index (χ2v) is 6.61. The number of aliphatic hydroxyl groups excluding tert-OH is 1. The highest BCUT2D eigenvalue weighted by Crippen LogP contribution is 2.19. The number of hydrogen-bond acceptors (Lipinski definition) is 3. The SMILES string of the molecule is CCCCN(C)S(=O)(=O)c1ccc(C#CCCO)cc1F. The van der Waals surface area contributed by atoms with Crippen LogP contribution in [0.5, 0.6) is 0 Å². The number of aliphatic hydroxyl groups is 1. The van der Waals surface area contributed by atoms with Gasteiger partial charge in [-0.25, -0.2) is 17.1 Å². The van der Waals surface area contributed by atoms with E-state index < -0.39 is 15.8 Å². The lowest BCUT2D eigenvalue weighted by Crippen LogP contribution is -2.28. The van der Waals surface area contributed by atoms with Gasteiger partial charge in [0, 0.05) is 25.6 Å². The molecule has 1 aromatic carbocycles. The van der Waals surface area contributed by atoms with Crippen LogP contribution in [0.25, 0.3) is 0 Å². The summed E-state index contributed by atoms with van der Waals surface area (Å²) < 4.78 is 39.7. The highest BCUT2D eigenvalue weighted by molar-refractivity contribution is 7.89. The lowest BCUT2D eigenvalue weighted by molar-refractivity contribution is 0.305. The Morgan fingerprint density at radius 1 is 1.38 bits per heavy atom. The van der Waals surface area contributed by atoms with Crippen LogP contribution < -0.4 is 0 Å². The van der Waals surface area contributed by atoms with Crippen molar-refractivity contribution in [3.8, 4) is 11.8 Å². The topological polar surface area (TPSA) is 57.6 Å². The van der Waals surface area contributed by atoms with Crippen LogP contribution in [0.3, 0.4) is 0 Å². The normalized spacial score (nSPS) is 11.3. The quantitative estimate of drug-likeness (QED) is 0.817. The molecule has 0 fully saturated rings. The van der Waals surface area contributed by atoms with Gasteiger partial charge in [-0.1, -0.05) is 25.2 Å². The monoisotopic (exact) mass is 313 g/mol. The van der Waals surface area contributed by atoms with Crippen LogP contribution in [0.1, 0.15) is 31.7 Å². The zero-order chi connectivity index (χ0) is 15.9. The molecule has 0 aromatic heterocycles. The molecule has 0 aliphatic rings. The average Bonchev–Trinajstić information content (AvgIpc) is 2.44. The lowest BCUT2D eigenvalue weighted by Gasteiger charge is -2.17. The lowest BCUT2D eigenvalue weighted by atomic mass is 10.2. The number of sulfonamides is 1. The first-order valence-electron chi connectivity index (χ1n) is 6.79. The summed E-state index contributed by atoms with van der Waals surface area (Å²) >= 11 is 0. The summed E-state index contributed by atoms with van der Waals surface area (Å²) in [5, 5.41) is 8.62. The Labute approximate surface area is 125 Å². The number of benzene rings is 1. The van der Waals surface area contributed by atoms with E-state index in [1.54, 1.807) is 0 Å². The smallest absolute Gasteiger partial charge is 0.245 e. The Morgan fingerprint density at radius 3 is 2.67 bits per heavy atom. The molecule has 0 atom stereocenters. The van der Waals surface area contributed by atoms with Crippen molar-refractivity contribution in [1.82, 2.24) is 4.31 Å². The fourth-order valence-corrected chi connectivity index (χ4v) is 2.93. The van der Waals surface area contributed by atoms with E-state index in [0.29, 0.717) is 18.5 Å². The van der Waals surface area contributed by atoms with Crippen LogP contribution in [-0.2, 0) is 10.0 Å². The second kappa shape index (κ2) is 8.13. The van der Waals surface area contributed by atoms with Crippen LogP contribution in [0.2, 0.25) is 0 Å². The minimum Gasteiger partial charge on any atom is -0.395 e. The Morgan fingerprint density at radius 2 is 2.10 bits per heavy atom. The van der Waals surface area contributed by atoms with Gasteiger partial charge in [-0.2, -0.15) is 0 Å². The van der Waals surface area contributed by atoms with Gasteiger partial charge in [-0.15, -0.1) is 0 Å². The zero-order valence-electron chi connectivity index (χ0n) is 12.3. The highest BCUT2D eigenvalue weighted by atomic mass is 32.2. The molecule has 4 nitrogen and oxygen atoms in total. The Kier molecular flexibility index (Phi) is 6.82. The predicted octanol–water partition coefficient (Wildman–Crippen LogP) is 1.98. The number of nitrogens with zero attached hydrogens (tertiary/aromatic N) is 1. The molecular formula is C15H20FNO3S. The first-order valence-corrected chi connectivity index (χ1v) is 8.23. The van der Waals surface area contributed by atoms with E-state index in [4.69, 9.17) is 5.11 Å². The van der Waals surface area contributed by atoms with Crippen LogP contribution in [0.15, 0.2) is 23.1 Å². The first-order chi connectivity index (χ1) is 9.93. The van der Waals surface area contributed by atoms with Gasteiger partial charge in [0.05, 0.1) is 6.61 Å². The van der Waals surface area contributed by atoms with E-state index in [9.17, 15) is 12.8 Å². The van der Waals surface area contributed by atoms with Crippen molar-refractivity contribution >= 4 is 10.0 Å². The largest absolute Gasteiger partial charge is 0.395 e. The maximum absolute atomic E-state index is 14.0. The molecule has 1 N–H and O–H groups in total. The molecule has 116 valence electrons. The maximum atomic E-state index is 14.0. The summed E-state index contributed by atoms with van der Waals surface area (Å²) in [7, 11) is -2.37. The molecule has 6 heteroatoms. The van der Waals surface area contributed by atoms with Gasteiger partial charge in [-0.05, 0) is 24.6 Å². The van der Waals surface area contributed by atoms with Crippen molar-refractivity contribution in [2.24, 2.45) is 0 Å². The molecule has 0 amide bonds. The molecule has 0 heterocycles. The van der Waals surface area contributed by atoms with Crippen molar-refractivity contribution in [3.05, 3.63) is 29.6 Å². The number of rotatable bonds is 6. The summed E-state index contributed by atoms with van der Waals surface area (Å²) in [6, 6.07) is 3.80. The van der Waals surface area contributed by atoms with E-state index in [0.717, 1.165) is 23.2 Å². The molecule has 0 spiro atoms. The second-order valence-electron chi connectivity index (χ2n) is 4.60. The summed E-state index contributed by atoms with van der Waals surface area (Å²) in [4.78, 5) is -0.339. The third kappa shape index (κ3) is 4.81. The molecule has 0 radical (unpaired) electrons. The van der Waals surface area contributed by atoms with Gasteiger partial charge in [0.15, 0.2) is 0 Å². The van der Waals surface area contributed by atoms with Gasteiger partial charge < -0.3 is 5.11 Å².